The topological polar surface area (TPSA) is 26.3 Å². The molecule has 0 bridgehead atoms. The number of alkyl halides is 1. The number of rotatable bonds is 13. The molecule has 0 radical (unpaired) electrons. The van der Waals surface area contributed by atoms with E-state index >= 15 is 0 Å². The van der Waals surface area contributed by atoms with Crippen molar-refractivity contribution in [2.24, 2.45) is 0 Å². The lowest BCUT2D eigenvalue weighted by atomic mass is 10.1. The zero-order valence-corrected chi connectivity index (χ0v) is 13.6. The predicted octanol–water partition coefficient (Wildman–Crippen LogP) is 5.05. The zero-order chi connectivity index (χ0) is 13.5. The summed E-state index contributed by atoms with van der Waals surface area (Å²) in [4.78, 5) is 10.8. The molecule has 106 valence electrons. The summed E-state index contributed by atoms with van der Waals surface area (Å²) >= 11 is 2.45. The molecule has 0 rings (SSSR count). The van der Waals surface area contributed by atoms with Crippen LogP contribution in [0.1, 0.15) is 64.2 Å². The van der Waals surface area contributed by atoms with E-state index in [1.54, 1.807) is 0 Å². The van der Waals surface area contributed by atoms with Gasteiger partial charge < -0.3 is 4.74 Å². The lowest BCUT2D eigenvalue weighted by Crippen LogP contribution is -2.01. The Bertz CT molecular complexity index is 205. The summed E-state index contributed by atoms with van der Waals surface area (Å²) in [6.07, 6.45) is 14.3. The summed E-state index contributed by atoms with van der Waals surface area (Å²) in [7, 11) is 0. The lowest BCUT2D eigenvalue weighted by Gasteiger charge is -2.03. The van der Waals surface area contributed by atoms with Crippen LogP contribution < -0.4 is 0 Å². The Morgan fingerprint density at radius 3 is 1.78 bits per heavy atom. The van der Waals surface area contributed by atoms with Gasteiger partial charge in [0.1, 0.15) is 0 Å². The van der Waals surface area contributed by atoms with E-state index in [2.05, 4.69) is 29.2 Å². The van der Waals surface area contributed by atoms with Crippen LogP contribution in [0.15, 0.2) is 12.7 Å². The Hall–Kier alpha value is -0.0600. The molecule has 3 heteroatoms. The fourth-order valence-electron chi connectivity index (χ4n) is 1.84. The smallest absolute Gasteiger partial charge is 0.330 e. The normalized spacial score (nSPS) is 10.3. The molecule has 2 nitrogen and oxygen atoms in total. The van der Waals surface area contributed by atoms with Crippen molar-refractivity contribution >= 4 is 28.6 Å². The van der Waals surface area contributed by atoms with Crippen LogP contribution in [0.3, 0.4) is 0 Å². The predicted molar refractivity (Wildman–Crippen MR) is 86.2 cm³/mol. The van der Waals surface area contributed by atoms with E-state index in [0.29, 0.717) is 6.61 Å². The van der Waals surface area contributed by atoms with E-state index in [4.69, 9.17) is 4.74 Å². The second-order valence-electron chi connectivity index (χ2n) is 4.60. The third-order valence-electron chi connectivity index (χ3n) is 2.94. The van der Waals surface area contributed by atoms with Gasteiger partial charge in [0, 0.05) is 6.08 Å². The average Bonchev–Trinajstić information content (AvgIpc) is 2.39. The first kappa shape index (κ1) is 17.9. The molecule has 0 fully saturated rings. The summed E-state index contributed by atoms with van der Waals surface area (Å²) in [6, 6.07) is 0. The molecule has 0 unspecified atom stereocenters. The Balaban J connectivity index is 2.98. The molecule has 0 amide bonds. The van der Waals surface area contributed by atoms with E-state index in [-0.39, 0.29) is 5.97 Å². The highest BCUT2D eigenvalue weighted by Crippen LogP contribution is 2.11. The van der Waals surface area contributed by atoms with Gasteiger partial charge in [-0.25, -0.2) is 4.79 Å². The van der Waals surface area contributed by atoms with Crippen LogP contribution in [0.4, 0.5) is 0 Å². The molecule has 0 aliphatic carbocycles. The van der Waals surface area contributed by atoms with Crippen molar-refractivity contribution in [1.82, 2.24) is 0 Å². The van der Waals surface area contributed by atoms with Crippen molar-refractivity contribution in [2.75, 3.05) is 11.0 Å². The molecule has 0 aliphatic rings. The minimum atomic E-state index is -0.304. The molecule has 0 saturated carbocycles. The molecule has 0 aromatic heterocycles. The fraction of sp³-hybridized carbons (Fsp3) is 0.800. The van der Waals surface area contributed by atoms with Gasteiger partial charge in [0.25, 0.3) is 0 Å². The number of hydrogen-bond donors (Lipinski definition) is 0. The van der Waals surface area contributed by atoms with Gasteiger partial charge in [-0.1, -0.05) is 80.5 Å². The second-order valence-corrected chi connectivity index (χ2v) is 5.67. The van der Waals surface area contributed by atoms with Gasteiger partial charge in [0.15, 0.2) is 0 Å². The standard InChI is InChI=1S/C15H27IO2/c1-2-15(17)18-14-12-10-8-6-4-3-5-7-9-11-13-16/h2H,1,3-14H2. The molecule has 0 aromatic rings. The van der Waals surface area contributed by atoms with Crippen LogP contribution in [0.25, 0.3) is 0 Å². The molecule has 0 saturated heterocycles. The Morgan fingerprint density at radius 2 is 1.33 bits per heavy atom. The maximum atomic E-state index is 10.8. The van der Waals surface area contributed by atoms with Crippen LogP contribution in [-0.2, 0) is 9.53 Å². The number of unbranched alkanes of at least 4 members (excludes halogenated alkanes) is 9. The van der Waals surface area contributed by atoms with Crippen molar-refractivity contribution in [3.05, 3.63) is 12.7 Å². The van der Waals surface area contributed by atoms with Gasteiger partial charge in [-0.15, -0.1) is 0 Å². The van der Waals surface area contributed by atoms with Gasteiger partial charge in [-0.05, 0) is 17.3 Å². The summed E-state index contributed by atoms with van der Waals surface area (Å²) in [5, 5.41) is 0. The van der Waals surface area contributed by atoms with Crippen LogP contribution in [0.5, 0.6) is 0 Å². The zero-order valence-electron chi connectivity index (χ0n) is 11.5. The summed E-state index contributed by atoms with van der Waals surface area (Å²) in [5.41, 5.74) is 0. The third kappa shape index (κ3) is 14.0. The molecule has 0 aliphatic heterocycles. The van der Waals surface area contributed by atoms with E-state index in [9.17, 15) is 4.79 Å². The number of carbonyl (C=O) groups is 1. The van der Waals surface area contributed by atoms with E-state index < -0.39 is 0 Å². The number of halogens is 1. The maximum Gasteiger partial charge on any atom is 0.330 e. The first-order valence-electron chi connectivity index (χ1n) is 7.16. The first-order valence-corrected chi connectivity index (χ1v) is 8.69. The van der Waals surface area contributed by atoms with Gasteiger partial charge in [-0.3, -0.25) is 0 Å². The summed E-state index contributed by atoms with van der Waals surface area (Å²) in [5.74, 6) is -0.304. The minimum absolute atomic E-state index is 0.304. The van der Waals surface area contributed by atoms with E-state index in [1.807, 2.05) is 0 Å². The fourth-order valence-corrected chi connectivity index (χ4v) is 2.38. The van der Waals surface area contributed by atoms with Gasteiger partial charge in [0.2, 0.25) is 0 Å². The Kier molecular flexibility index (Phi) is 14.9. The highest BCUT2D eigenvalue weighted by molar-refractivity contribution is 14.1. The molecular weight excluding hydrogens is 339 g/mol. The van der Waals surface area contributed by atoms with Gasteiger partial charge in [-0.2, -0.15) is 0 Å². The van der Waals surface area contributed by atoms with Crippen molar-refractivity contribution in [3.63, 3.8) is 0 Å². The number of hydrogen-bond acceptors (Lipinski definition) is 2. The van der Waals surface area contributed by atoms with Crippen molar-refractivity contribution in [3.8, 4) is 0 Å². The lowest BCUT2D eigenvalue weighted by molar-refractivity contribution is -0.137. The number of ether oxygens (including phenoxy) is 1. The van der Waals surface area contributed by atoms with Crippen LogP contribution in [0.2, 0.25) is 0 Å². The molecule has 0 spiro atoms. The Labute approximate surface area is 126 Å². The van der Waals surface area contributed by atoms with Crippen LogP contribution in [0, 0.1) is 0 Å². The molecule has 0 atom stereocenters. The first-order chi connectivity index (χ1) is 8.81. The van der Waals surface area contributed by atoms with E-state index in [0.717, 1.165) is 6.42 Å². The quantitative estimate of drug-likeness (QED) is 0.150. The highest BCUT2D eigenvalue weighted by atomic mass is 127. The SMILES string of the molecule is C=CC(=O)OCCCCCCCCCCCCI. The van der Waals surface area contributed by atoms with Crippen molar-refractivity contribution in [1.29, 1.82) is 0 Å². The van der Waals surface area contributed by atoms with Crippen molar-refractivity contribution in [2.45, 2.75) is 64.2 Å². The highest BCUT2D eigenvalue weighted by Gasteiger charge is 1.95. The van der Waals surface area contributed by atoms with E-state index in [1.165, 1.54) is 68.3 Å². The third-order valence-corrected chi connectivity index (χ3v) is 3.70. The average molecular weight is 366 g/mol. The molecule has 0 aromatic carbocycles. The summed E-state index contributed by atoms with van der Waals surface area (Å²) in [6.45, 7) is 3.90. The molecular formula is C15H27IO2. The van der Waals surface area contributed by atoms with Crippen LogP contribution >= 0.6 is 22.6 Å². The minimum Gasteiger partial charge on any atom is -0.463 e. The Morgan fingerprint density at radius 1 is 0.889 bits per heavy atom. The summed E-state index contributed by atoms with van der Waals surface area (Å²) < 4.78 is 6.22. The monoisotopic (exact) mass is 366 g/mol. The van der Waals surface area contributed by atoms with Crippen LogP contribution in [-0.4, -0.2) is 17.0 Å². The number of carbonyl (C=O) groups excluding carboxylic acids is 1. The second kappa shape index (κ2) is 15.0. The van der Waals surface area contributed by atoms with Gasteiger partial charge >= 0.3 is 5.97 Å². The largest absolute Gasteiger partial charge is 0.463 e. The van der Waals surface area contributed by atoms with Crippen molar-refractivity contribution < 1.29 is 9.53 Å². The van der Waals surface area contributed by atoms with Gasteiger partial charge in [0.05, 0.1) is 6.61 Å². The molecule has 0 heterocycles. The maximum absolute atomic E-state index is 10.8. The number of esters is 1. The molecule has 0 N–H and O–H groups in total. The molecule has 18 heavy (non-hydrogen) atoms.